The third kappa shape index (κ3) is 3.38. The maximum Gasteiger partial charge on any atom is 0.244 e. The van der Waals surface area contributed by atoms with E-state index in [-0.39, 0.29) is 12.5 Å². The van der Waals surface area contributed by atoms with Gasteiger partial charge < -0.3 is 19.4 Å². The smallest absolute Gasteiger partial charge is 0.244 e. The molecule has 0 radical (unpaired) electrons. The number of fused-ring (bicyclic) bond motifs is 1. The van der Waals surface area contributed by atoms with Crippen LogP contribution in [0, 0.1) is 20.8 Å². The van der Waals surface area contributed by atoms with E-state index >= 15 is 0 Å². The van der Waals surface area contributed by atoms with Crippen molar-refractivity contribution in [2.45, 2.75) is 27.3 Å². The number of hydrogen-bond donors (Lipinski definition) is 1. The van der Waals surface area contributed by atoms with Crippen LogP contribution in [0.15, 0.2) is 36.5 Å². The van der Waals surface area contributed by atoms with Gasteiger partial charge >= 0.3 is 0 Å². The molecule has 0 bridgehead atoms. The number of aromatic nitrogens is 1. The molecule has 0 aliphatic heterocycles. The number of aryl methyl sites for hydroxylation is 3. The van der Waals surface area contributed by atoms with Crippen LogP contribution in [-0.4, -0.2) is 24.7 Å². The largest absolute Gasteiger partial charge is 0.497 e. The van der Waals surface area contributed by atoms with E-state index < -0.39 is 0 Å². The predicted molar refractivity (Wildman–Crippen MR) is 104 cm³/mol. The third-order valence-corrected chi connectivity index (χ3v) is 4.54. The molecule has 0 atom stereocenters. The molecule has 0 spiro atoms. The van der Waals surface area contributed by atoms with Crippen LogP contribution in [0.3, 0.4) is 0 Å². The Morgan fingerprint density at radius 3 is 2.35 bits per heavy atom. The summed E-state index contributed by atoms with van der Waals surface area (Å²) in [5.41, 5.74) is 5.10. The van der Waals surface area contributed by atoms with Crippen molar-refractivity contribution < 1.29 is 14.3 Å². The molecule has 3 rings (SSSR count). The summed E-state index contributed by atoms with van der Waals surface area (Å²) in [4.78, 5) is 12.6. The fraction of sp³-hybridized carbons (Fsp3) is 0.286. The van der Waals surface area contributed by atoms with Crippen molar-refractivity contribution in [3.63, 3.8) is 0 Å². The zero-order valence-electron chi connectivity index (χ0n) is 15.8. The number of benzene rings is 2. The summed E-state index contributed by atoms with van der Waals surface area (Å²) >= 11 is 0. The molecule has 1 amide bonds. The maximum atomic E-state index is 12.6. The Bertz CT molecular complexity index is 950. The summed E-state index contributed by atoms with van der Waals surface area (Å²) in [6.07, 6.45) is 1.89. The molecule has 5 nitrogen and oxygen atoms in total. The van der Waals surface area contributed by atoms with Crippen molar-refractivity contribution in [1.82, 2.24) is 4.57 Å². The van der Waals surface area contributed by atoms with Gasteiger partial charge in [-0.25, -0.2) is 0 Å². The lowest BCUT2D eigenvalue weighted by atomic mass is 10.1. The second-order valence-electron chi connectivity index (χ2n) is 6.53. The SMILES string of the molecule is COc1cc(OC)c2ccn(CC(=O)Nc3c(C)cc(C)cc3C)c2c1. The molecular weight excluding hydrogens is 328 g/mol. The van der Waals surface area contributed by atoms with Gasteiger partial charge in [0.2, 0.25) is 5.91 Å². The van der Waals surface area contributed by atoms with E-state index in [4.69, 9.17) is 9.47 Å². The summed E-state index contributed by atoms with van der Waals surface area (Å²) in [5.74, 6) is 1.35. The lowest BCUT2D eigenvalue weighted by Crippen LogP contribution is -2.19. The minimum Gasteiger partial charge on any atom is -0.497 e. The predicted octanol–water partition coefficient (Wildman–Crippen LogP) is 4.22. The minimum absolute atomic E-state index is 0.0701. The highest BCUT2D eigenvalue weighted by Crippen LogP contribution is 2.32. The highest BCUT2D eigenvalue weighted by molar-refractivity contribution is 5.94. The Balaban J connectivity index is 1.88. The Morgan fingerprint density at radius 1 is 1.04 bits per heavy atom. The quantitative estimate of drug-likeness (QED) is 0.748. The summed E-state index contributed by atoms with van der Waals surface area (Å²) < 4.78 is 12.7. The zero-order valence-corrected chi connectivity index (χ0v) is 15.8. The standard InChI is InChI=1S/C21H24N2O3/c1-13-8-14(2)21(15(3)9-13)22-20(24)12-23-7-6-17-18(23)10-16(25-4)11-19(17)26-5/h6-11H,12H2,1-5H3,(H,22,24). The van der Waals surface area contributed by atoms with E-state index in [1.165, 1.54) is 5.56 Å². The maximum absolute atomic E-state index is 12.6. The number of nitrogens with one attached hydrogen (secondary N) is 1. The van der Waals surface area contributed by atoms with Crippen molar-refractivity contribution >= 4 is 22.5 Å². The molecule has 1 heterocycles. The summed E-state index contributed by atoms with van der Waals surface area (Å²) in [6, 6.07) is 9.84. The van der Waals surface area contributed by atoms with Crippen LogP contribution in [0.1, 0.15) is 16.7 Å². The van der Waals surface area contributed by atoms with Gasteiger partial charge in [-0.15, -0.1) is 0 Å². The second kappa shape index (κ2) is 7.12. The zero-order chi connectivity index (χ0) is 18.8. The molecule has 26 heavy (non-hydrogen) atoms. The fourth-order valence-corrected chi connectivity index (χ4v) is 3.37. The molecule has 3 aromatic rings. The number of carbonyl (C=O) groups excluding carboxylic acids is 1. The van der Waals surface area contributed by atoms with Gasteiger partial charge in [0, 0.05) is 29.4 Å². The van der Waals surface area contributed by atoms with Crippen molar-refractivity contribution in [2.24, 2.45) is 0 Å². The van der Waals surface area contributed by atoms with E-state index in [2.05, 4.69) is 24.4 Å². The molecule has 1 N–H and O–H groups in total. The molecule has 0 saturated carbocycles. The highest BCUT2D eigenvalue weighted by Gasteiger charge is 2.13. The van der Waals surface area contributed by atoms with Crippen molar-refractivity contribution in [2.75, 3.05) is 19.5 Å². The average molecular weight is 352 g/mol. The van der Waals surface area contributed by atoms with Crippen LogP contribution in [-0.2, 0) is 11.3 Å². The monoisotopic (exact) mass is 352 g/mol. The van der Waals surface area contributed by atoms with Crippen LogP contribution >= 0.6 is 0 Å². The molecule has 0 aliphatic rings. The van der Waals surface area contributed by atoms with Crippen molar-refractivity contribution in [3.8, 4) is 11.5 Å². The van der Waals surface area contributed by atoms with Gasteiger partial charge in [0.15, 0.2) is 0 Å². The van der Waals surface area contributed by atoms with E-state index in [0.29, 0.717) is 5.75 Å². The van der Waals surface area contributed by atoms with Crippen LogP contribution in [0.25, 0.3) is 10.9 Å². The van der Waals surface area contributed by atoms with Gasteiger partial charge in [0.05, 0.1) is 19.7 Å². The van der Waals surface area contributed by atoms with Gasteiger partial charge in [0.25, 0.3) is 0 Å². The molecule has 0 saturated heterocycles. The molecule has 2 aromatic carbocycles. The summed E-state index contributed by atoms with van der Waals surface area (Å²) in [7, 11) is 3.24. The average Bonchev–Trinajstić information content (AvgIpc) is 3.00. The van der Waals surface area contributed by atoms with Gasteiger partial charge in [-0.1, -0.05) is 17.7 Å². The number of ether oxygens (including phenoxy) is 2. The van der Waals surface area contributed by atoms with Gasteiger partial charge in [0.1, 0.15) is 18.0 Å². The number of anilines is 1. The molecule has 0 fully saturated rings. The number of amides is 1. The van der Waals surface area contributed by atoms with Crippen molar-refractivity contribution in [3.05, 3.63) is 53.2 Å². The van der Waals surface area contributed by atoms with Crippen LogP contribution in [0.4, 0.5) is 5.69 Å². The number of nitrogens with zero attached hydrogens (tertiary/aromatic N) is 1. The Labute approximate surface area is 153 Å². The lowest BCUT2D eigenvalue weighted by Gasteiger charge is -2.14. The Morgan fingerprint density at radius 2 is 1.73 bits per heavy atom. The lowest BCUT2D eigenvalue weighted by molar-refractivity contribution is -0.116. The molecule has 5 heteroatoms. The van der Waals surface area contributed by atoms with Crippen LogP contribution in [0.2, 0.25) is 0 Å². The molecule has 1 aromatic heterocycles. The second-order valence-corrected chi connectivity index (χ2v) is 6.53. The van der Waals surface area contributed by atoms with Gasteiger partial charge in [-0.2, -0.15) is 0 Å². The molecule has 0 unspecified atom stereocenters. The first-order chi connectivity index (χ1) is 12.4. The first-order valence-electron chi connectivity index (χ1n) is 8.51. The molecular formula is C21H24N2O3. The number of rotatable bonds is 5. The van der Waals surface area contributed by atoms with Gasteiger partial charge in [-0.3, -0.25) is 4.79 Å². The number of hydrogen-bond acceptors (Lipinski definition) is 3. The summed E-state index contributed by atoms with van der Waals surface area (Å²) in [5, 5.41) is 3.99. The Kier molecular flexibility index (Phi) is 4.89. The van der Waals surface area contributed by atoms with Crippen LogP contribution in [0.5, 0.6) is 11.5 Å². The Hall–Kier alpha value is -2.95. The topological polar surface area (TPSA) is 52.5 Å². The first kappa shape index (κ1) is 17.9. The third-order valence-electron chi connectivity index (χ3n) is 4.54. The minimum atomic E-state index is -0.0701. The number of methoxy groups -OCH3 is 2. The van der Waals surface area contributed by atoms with Crippen LogP contribution < -0.4 is 14.8 Å². The number of carbonyl (C=O) groups is 1. The molecule has 136 valence electrons. The van der Waals surface area contributed by atoms with E-state index in [1.54, 1.807) is 14.2 Å². The van der Waals surface area contributed by atoms with E-state index in [1.807, 2.05) is 42.8 Å². The molecule has 0 aliphatic carbocycles. The normalized spacial score (nSPS) is 10.8. The fourth-order valence-electron chi connectivity index (χ4n) is 3.37. The van der Waals surface area contributed by atoms with E-state index in [9.17, 15) is 4.79 Å². The highest BCUT2D eigenvalue weighted by atomic mass is 16.5. The van der Waals surface area contributed by atoms with E-state index in [0.717, 1.165) is 33.5 Å². The van der Waals surface area contributed by atoms with Gasteiger partial charge in [-0.05, 0) is 38.0 Å². The van der Waals surface area contributed by atoms with Crippen molar-refractivity contribution in [1.29, 1.82) is 0 Å². The first-order valence-corrected chi connectivity index (χ1v) is 8.51. The summed E-state index contributed by atoms with van der Waals surface area (Å²) in [6.45, 7) is 6.29.